The van der Waals surface area contributed by atoms with Crippen molar-refractivity contribution in [2.24, 2.45) is 0 Å². The molecule has 1 aromatic carbocycles. The molecule has 0 saturated carbocycles. The van der Waals surface area contributed by atoms with Crippen LogP contribution in [0.1, 0.15) is 18.9 Å². The van der Waals surface area contributed by atoms with E-state index in [1.54, 1.807) is 7.11 Å². The zero-order valence-electron chi connectivity index (χ0n) is 15.2. The van der Waals surface area contributed by atoms with Crippen LogP contribution >= 0.6 is 11.8 Å². The van der Waals surface area contributed by atoms with E-state index in [2.05, 4.69) is 26.9 Å². The third-order valence-corrected chi connectivity index (χ3v) is 6.49. The van der Waals surface area contributed by atoms with Gasteiger partial charge in [0, 0.05) is 50.1 Å². The molecule has 2 saturated heterocycles. The largest absolute Gasteiger partial charge is 0.496 e. The van der Waals surface area contributed by atoms with Gasteiger partial charge in [-0.1, -0.05) is 18.2 Å². The highest BCUT2D eigenvalue weighted by Gasteiger charge is 2.29. The van der Waals surface area contributed by atoms with Gasteiger partial charge in [-0.3, -0.25) is 14.6 Å². The Hall–Kier alpha value is -1.24. The van der Waals surface area contributed by atoms with Crippen molar-refractivity contribution in [3.05, 3.63) is 29.8 Å². The molecule has 0 radical (unpaired) electrons. The first kappa shape index (κ1) is 18.5. The number of hydrogen-bond donors (Lipinski definition) is 1. The number of carbonyl (C=O) groups is 1. The van der Waals surface area contributed by atoms with Crippen molar-refractivity contribution in [2.75, 3.05) is 44.8 Å². The lowest BCUT2D eigenvalue weighted by Gasteiger charge is -2.39. The molecule has 5 nitrogen and oxygen atoms in total. The lowest BCUT2D eigenvalue weighted by Crippen LogP contribution is -2.55. The second-order valence-electron chi connectivity index (χ2n) is 6.79. The van der Waals surface area contributed by atoms with E-state index >= 15 is 0 Å². The van der Waals surface area contributed by atoms with Gasteiger partial charge in [-0.15, -0.1) is 0 Å². The molecule has 0 bridgehead atoms. The number of para-hydroxylation sites is 1. The zero-order chi connectivity index (χ0) is 17.6. The van der Waals surface area contributed by atoms with E-state index in [1.165, 1.54) is 17.9 Å². The summed E-state index contributed by atoms with van der Waals surface area (Å²) in [6, 6.07) is 8.48. The highest BCUT2D eigenvalue weighted by molar-refractivity contribution is 7.99. The molecule has 1 amide bonds. The van der Waals surface area contributed by atoms with Crippen LogP contribution in [0.15, 0.2) is 24.3 Å². The molecule has 0 unspecified atom stereocenters. The Morgan fingerprint density at radius 2 is 2.08 bits per heavy atom. The average Bonchev–Trinajstić information content (AvgIpc) is 3.20. The molecule has 138 valence electrons. The van der Waals surface area contributed by atoms with Crippen LogP contribution in [0.5, 0.6) is 5.75 Å². The van der Waals surface area contributed by atoms with Crippen LogP contribution in [-0.4, -0.2) is 72.6 Å². The van der Waals surface area contributed by atoms with Gasteiger partial charge in [0.25, 0.3) is 0 Å². The van der Waals surface area contributed by atoms with E-state index in [0.717, 1.165) is 43.5 Å². The minimum absolute atomic E-state index is 0.0881. The second kappa shape index (κ2) is 8.92. The van der Waals surface area contributed by atoms with E-state index in [4.69, 9.17) is 4.74 Å². The molecule has 2 atom stereocenters. The number of thioether (sulfide) groups is 1. The van der Waals surface area contributed by atoms with Gasteiger partial charge in [-0.25, -0.2) is 0 Å². The molecule has 2 heterocycles. The van der Waals surface area contributed by atoms with Crippen LogP contribution in [0.3, 0.4) is 0 Å². The van der Waals surface area contributed by atoms with Crippen molar-refractivity contribution in [1.29, 1.82) is 0 Å². The van der Waals surface area contributed by atoms with Crippen molar-refractivity contribution in [2.45, 2.75) is 32.0 Å². The summed E-state index contributed by atoms with van der Waals surface area (Å²) in [5.74, 6) is 3.48. The third kappa shape index (κ3) is 4.68. The Bertz CT molecular complexity index is 570. The Labute approximate surface area is 155 Å². The van der Waals surface area contributed by atoms with Crippen molar-refractivity contribution >= 4 is 17.7 Å². The van der Waals surface area contributed by atoms with Crippen LogP contribution in [0.25, 0.3) is 0 Å². The second-order valence-corrected chi connectivity index (χ2v) is 7.94. The highest BCUT2D eigenvalue weighted by Crippen LogP contribution is 2.23. The van der Waals surface area contributed by atoms with Crippen molar-refractivity contribution in [3.63, 3.8) is 0 Å². The maximum Gasteiger partial charge on any atom is 0.237 e. The van der Waals surface area contributed by atoms with Gasteiger partial charge in [0.1, 0.15) is 5.75 Å². The smallest absolute Gasteiger partial charge is 0.237 e. The molecular formula is C19H29N3O2S. The molecule has 6 heteroatoms. The molecule has 2 fully saturated rings. The van der Waals surface area contributed by atoms with Gasteiger partial charge < -0.3 is 10.1 Å². The first-order chi connectivity index (χ1) is 12.2. The predicted octanol–water partition coefficient (Wildman–Crippen LogP) is 1.82. The number of piperazine rings is 1. The van der Waals surface area contributed by atoms with Crippen LogP contribution in [-0.2, 0) is 11.3 Å². The predicted molar refractivity (Wildman–Crippen MR) is 103 cm³/mol. The number of carbonyl (C=O) groups excluding carboxylic acids is 1. The molecular weight excluding hydrogens is 334 g/mol. The summed E-state index contributed by atoms with van der Waals surface area (Å²) in [6.07, 6.45) is 1.32. The molecule has 2 aliphatic heterocycles. The summed E-state index contributed by atoms with van der Waals surface area (Å²) in [7, 11) is 1.66. The van der Waals surface area contributed by atoms with Crippen molar-refractivity contribution < 1.29 is 9.53 Å². The van der Waals surface area contributed by atoms with E-state index in [-0.39, 0.29) is 11.9 Å². The Balaban J connectivity index is 1.46. The van der Waals surface area contributed by atoms with Crippen molar-refractivity contribution in [3.8, 4) is 5.75 Å². The lowest BCUT2D eigenvalue weighted by atomic mass is 10.1. The Morgan fingerprint density at radius 1 is 1.32 bits per heavy atom. The van der Waals surface area contributed by atoms with Crippen molar-refractivity contribution in [1.82, 2.24) is 15.1 Å². The van der Waals surface area contributed by atoms with Crippen LogP contribution in [0.4, 0.5) is 0 Å². The maximum absolute atomic E-state index is 12.5. The minimum atomic E-state index is -0.0881. The standard InChI is InChI=1S/C19H29N3O2S/c1-15(19(23)20-13-16-5-3-4-6-18(16)24-2)21-8-10-22(11-9-21)17-7-12-25-14-17/h3-6,15,17H,7-14H2,1-2H3,(H,20,23)/t15-,17+/m0/s1. The summed E-state index contributed by atoms with van der Waals surface area (Å²) in [5, 5.41) is 3.06. The molecule has 25 heavy (non-hydrogen) atoms. The number of methoxy groups -OCH3 is 1. The average molecular weight is 364 g/mol. The number of benzene rings is 1. The summed E-state index contributed by atoms with van der Waals surface area (Å²) in [6.45, 7) is 6.63. The topological polar surface area (TPSA) is 44.8 Å². The molecule has 1 N–H and O–H groups in total. The van der Waals surface area contributed by atoms with Crippen LogP contribution < -0.4 is 10.1 Å². The van der Waals surface area contributed by atoms with Gasteiger partial charge in [0.2, 0.25) is 5.91 Å². The van der Waals surface area contributed by atoms with E-state index in [1.807, 2.05) is 31.2 Å². The number of hydrogen-bond acceptors (Lipinski definition) is 5. The molecule has 0 spiro atoms. The third-order valence-electron chi connectivity index (χ3n) is 5.34. The first-order valence-corrected chi connectivity index (χ1v) is 10.3. The summed E-state index contributed by atoms with van der Waals surface area (Å²) in [5.41, 5.74) is 1.01. The number of amides is 1. The SMILES string of the molecule is COc1ccccc1CNC(=O)[C@H](C)N1CCN([C@@H]2CCSC2)CC1. The number of nitrogens with zero attached hydrogens (tertiary/aromatic N) is 2. The Morgan fingerprint density at radius 3 is 2.76 bits per heavy atom. The summed E-state index contributed by atoms with van der Waals surface area (Å²) >= 11 is 2.07. The molecule has 0 aromatic heterocycles. The maximum atomic E-state index is 12.5. The monoisotopic (exact) mass is 363 g/mol. The van der Waals surface area contributed by atoms with Crippen LogP contribution in [0.2, 0.25) is 0 Å². The summed E-state index contributed by atoms with van der Waals surface area (Å²) in [4.78, 5) is 17.5. The van der Waals surface area contributed by atoms with E-state index in [9.17, 15) is 4.79 Å². The van der Waals surface area contributed by atoms with Gasteiger partial charge >= 0.3 is 0 Å². The molecule has 0 aliphatic carbocycles. The number of ether oxygens (including phenoxy) is 1. The number of rotatable bonds is 6. The minimum Gasteiger partial charge on any atom is -0.496 e. The zero-order valence-corrected chi connectivity index (χ0v) is 16.1. The normalized spacial score (nSPS) is 23.4. The molecule has 2 aliphatic rings. The quantitative estimate of drug-likeness (QED) is 0.835. The van der Waals surface area contributed by atoms with Gasteiger partial charge in [-0.05, 0) is 25.2 Å². The van der Waals surface area contributed by atoms with Gasteiger partial charge in [0.05, 0.1) is 13.2 Å². The Kier molecular flexibility index (Phi) is 6.62. The molecule has 1 aromatic rings. The fourth-order valence-corrected chi connectivity index (χ4v) is 4.90. The highest BCUT2D eigenvalue weighted by atomic mass is 32.2. The van der Waals surface area contributed by atoms with E-state index < -0.39 is 0 Å². The lowest BCUT2D eigenvalue weighted by molar-refractivity contribution is -0.126. The fourth-order valence-electron chi connectivity index (χ4n) is 3.64. The summed E-state index contributed by atoms with van der Waals surface area (Å²) < 4.78 is 5.35. The van der Waals surface area contributed by atoms with Crippen LogP contribution in [0, 0.1) is 0 Å². The van der Waals surface area contributed by atoms with Gasteiger partial charge in [0.15, 0.2) is 0 Å². The number of nitrogens with one attached hydrogen (secondary N) is 1. The van der Waals surface area contributed by atoms with E-state index in [0.29, 0.717) is 6.54 Å². The fraction of sp³-hybridized carbons (Fsp3) is 0.632. The van der Waals surface area contributed by atoms with Gasteiger partial charge in [-0.2, -0.15) is 11.8 Å². The molecule has 3 rings (SSSR count). The first-order valence-electron chi connectivity index (χ1n) is 9.14.